The average molecular weight is 390 g/mol. The maximum Gasteiger partial charge on any atom is 0.258 e. The molecule has 1 heterocycles. The molecule has 0 atom stereocenters. The second kappa shape index (κ2) is 7.81. The summed E-state index contributed by atoms with van der Waals surface area (Å²) in [5.74, 6) is 0.706. The third kappa shape index (κ3) is 3.79. The largest absolute Gasteiger partial charge is 0.496 e. The number of quaternary nitrogens is 1. The average Bonchev–Trinajstić information content (AvgIpc) is 2.63. The summed E-state index contributed by atoms with van der Waals surface area (Å²) in [6.45, 7) is 4.45. The molecule has 1 fully saturated rings. The van der Waals surface area contributed by atoms with Crippen LogP contribution in [0.1, 0.15) is 15.9 Å². The van der Waals surface area contributed by atoms with Crippen molar-refractivity contribution in [2.75, 3.05) is 33.3 Å². The Bertz CT molecular complexity index is 712. The summed E-state index contributed by atoms with van der Waals surface area (Å²) < 4.78 is 6.47. The van der Waals surface area contributed by atoms with Crippen molar-refractivity contribution in [3.8, 4) is 5.75 Å². The number of carbonyl (C=O) groups excluding carboxylic acids is 1. The van der Waals surface area contributed by atoms with Gasteiger partial charge >= 0.3 is 0 Å². The highest BCUT2D eigenvalue weighted by Crippen LogP contribution is 2.19. The lowest BCUT2D eigenvalue weighted by Gasteiger charge is -2.32. The monoisotopic (exact) mass is 389 g/mol. The van der Waals surface area contributed by atoms with E-state index in [1.54, 1.807) is 7.11 Å². The third-order valence-electron chi connectivity index (χ3n) is 4.49. The van der Waals surface area contributed by atoms with Gasteiger partial charge in [-0.25, -0.2) is 0 Å². The quantitative estimate of drug-likeness (QED) is 0.867. The molecule has 0 unspecified atom stereocenters. The fourth-order valence-corrected chi connectivity index (χ4v) is 3.53. The molecular weight excluding hydrogens is 368 g/mol. The number of hydrogen-bond acceptors (Lipinski definition) is 2. The van der Waals surface area contributed by atoms with E-state index in [-0.39, 0.29) is 5.91 Å². The number of halogens is 1. The molecule has 1 N–H and O–H groups in total. The molecule has 4 nitrogen and oxygen atoms in total. The number of carbonyl (C=O) groups is 1. The van der Waals surface area contributed by atoms with Crippen LogP contribution >= 0.6 is 15.9 Å². The van der Waals surface area contributed by atoms with Gasteiger partial charge in [0.05, 0.1) is 38.9 Å². The number of benzene rings is 2. The first-order valence-electron chi connectivity index (χ1n) is 8.18. The van der Waals surface area contributed by atoms with Crippen molar-refractivity contribution in [2.45, 2.75) is 6.54 Å². The van der Waals surface area contributed by atoms with Crippen LogP contribution in [-0.4, -0.2) is 44.1 Å². The first kappa shape index (κ1) is 17.0. The molecule has 2 aromatic rings. The van der Waals surface area contributed by atoms with Crippen molar-refractivity contribution >= 4 is 21.8 Å². The summed E-state index contributed by atoms with van der Waals surface area (Å²) in [5, 5.41) is 0. The molecule has 5 heteroatoms. The van der Waals surface area contributed by atoms with E-state index in [4.69, 9.17) is 4.74 Å². The third-order valence-corrected chi connectivity index (χ3v) is 5.27. The predicted molar refractivity (Wildman–Crippen MR) is 97.4 cm³/mol. The van der Waals surface area contributed by atoms with Crippen LogP contribution in [0.25, 0.3) is 0 Å². The highest BCUT2D eigenvalue weighted by molar-refractivity contribution is 9.10. The Labute approximate surface area is 151 Å². The highest BCUT2D eigenvalue weighted by Gasteiger charge is 2.26. The van der Waals surface area contributed by atoms with Crippen LogP contribution in [0.5, 0.6) is 5.75 Å². The number of rotatable bonds is 4. The van der Waals surface area contributed by atoms with E-state index in [0.29, 0.717) is 11.3 Å². The van der Waals surface area contributed by atoms with Gasteiger partial charge in [-0.2, -0.15) is 0 Å². The second-order valence-corrected chi connectivity index (χ2v) is 6.87. The summed E-state index contributed by atoms with van der Waals surface area (Å²) in [7, 11) is 1.60. The number of ether oxygens (including phenoxy) is 1. The lowest BCUT2D eigenvalue weighted by atomic mass is 10.1. The van der Waals surface area contributed by atoms with Gasteiger partial charge in [0.15, 0.2) is 0 Å². The topological polar surface area (TPSA) is 34.0 Å². The SMILES string of the molecule is COc1ccccc1C(=O)N1CC[NH+](Cc2ccccc2Br)CC1. The minimum atomic E-state index is 0.0624. The van der Waals surface area contributed by atoms with E-state index in [2.05, 4.69) is 34.1 Å². The zero-order chi connectivity index (χ0) is 16.9. The van der Waals surface area contributed by atoms with Crippen LogP contribution in [-0.2, 0) is 6.54 Å². The first-order chi connectivity index (χ1) is 11.7. The first-order valence-corrected chi connectivity index (χ1v) is 8.97. The lowest BCUT2D eigenvalue weighted by molar-refractivity contribution is -0.917. The molecule has 0 bridgehead atoms. The fourth-order valence-electron chi connectivity index (χ4n) is 3.11. The summed E-state index contributed by atoms with van der Waals surface area (Å²) in [5.41, 5.74) is 1.96. The van der Waals surface area contributed by atoms with Crippen LogP contribution in [0.15, 0.2) is 53.0 Å². The fraction of sp³-hybridized carbons (Fsp3) is 0.316. The smallest absolute Gasteiger partial charge is 0.258 e. The van der Waals surface area contributed by atoms with Gasteiger partial charge in [0.25, 0.3) is 5.91 Å². The lowest BCUT2D eigenvalue weighted by Crippen LogP contribution is -3.13. The number of hydrogen-bond donors (Lipinski definition) is 1. The standard InChI is InChI=1S/C19H21BrN2O2/c1-24-18-9-5-3-7-16(18)19(23)22-12-10-21(11-13-22)14-15-6-2-4-8-17(15)20/h2-9H,10-14H2,1H3/p+1. The number of nitrogens with one attached hydrogen (secondary N) is 1. The molecule has 1 aliphatic rings. The van der Waals surface area contributed by atoms with Crippen molar-refractivity contribution < 1.29 is 14.4 Å². The maximum absolute atomic E-state index is 12.7. The van der Waals surface area contributed by atoms with Crippen molar-refractivity contribution in [2.24, 2.45) is 0 Å². The van der Waals surface area contributed by atoms with E-state index in [1.807, 2.05) is 35.2 Å². The summed E-state index contributed by atoms with van der Waals surface area (Å²) in [4.78, 5) is 16.2. The van der Waals surface area contributed by atoms with E-state index < -0.39 is 0 Å². The minimum absolute atomic E-state index is 0.0624. The van der Waals surface area contributed by atoms with E-state index in [9.17, 15) is 4.79 Å². The summed E-state index contributed by atoms with van der Waals surface area (Å²) in [6, 6.07) is 15.8. The molecule has 1 amide bonds. The van der Waals surface area contributed by atoms with Gasteiger partial charge in [0, 0.05) is 10.0 Å². The van der Waals surface area contributed by atoms with Crippen LogP contribution in [0, 0.1) is 0 Å². The zero-order valence-electron chi connectivity index (χ0n) is 13.8. The van der Waals surface area contributed by atoms with Crippen LogP contribution in [0.4, 0.5) is 0 Å². The molecule has 0 saturated carbocycles. The number of nitrogens with zero attached hydrogens (tertiary/aromatic N) is 1. The number of amides is 1. The predicted octanol–water partition coefficient (Wildman–Crippen LogP) is 2.00. The Balaban J connectivity index is 1.61. The molecule has 0 radical (unpaired) electrons. The van der Waals surface area contributed by atoms with Gasteiger partial charge in [-0.05, 0) is 18.2 Å². The van der Waals surface area contributed by atoms with E-state index >= 15 is 0 Å². The Morgan fingerprint density at radius 2 is 1.79 bits per heavy atom. The number of piperazine rings is 1. The highest BCUT2D eigenvalue weighted by atomic mass is 79.9. The second-order valence-electron chi connectivity index (χ2n) is 6.01. The van der Waals surface area contributed by atoms with Crippen molar-refractivity contribution in [1.82, 2.24) is 4.90 Å². The van der Waals surface area contributed by atoms with Crippen LogP contribution < -0.4 is 9.64 Å². The molecule has 1 saturated heterocycles. The normalized spacial score (nSPS) is 15.3. The molecule has 2 aromatic carbocycles. The Morgan fingerprint density at radius 3 is 2.50 bits per heavy atom. The van der Waals surface area contributed by atoms with Crippen LogP contribution in [0.3, 0.4) is 0 Å². The Kier molecular flexibility index (Phi) is 5.53. The van der Waals surface area contributed by atoms with E-state index in [1.165, 1.54) is 10.5 Å². The molecular formula is C19H22BrN2O2+. The number of methoxy groups -OCH3 is 1. The van der Waals surface area contributed by atoms with E-state index in [0.717, 1.165) is 37.2 Å². The van der Waals surface area contributed by atoms with Crippen LogP contribution in [0.2, 0.25) is 0 Å². The maximum atomic E-state index is 12.7. The molecule has 0 aromatic heterocycles. The molecule has 24 heavy (non-hydrogen) atoms. The molecule has 1 aliphatic heterocycles. The van der Waals surface area contributed by atoms with Gasteiger partial charge in [-0.3, -0.25) is 4.79 Å². The van der Waals surface area contributed by atoms with Gasteiger partial charge < -0.3 is 14.5 Å². The Hall–Kier alpha value is -1.85. The number of para-hydroxylation sites is 1. The van der Waals surface area contributed by atoms with Gasteiger partial charge in [0.1, 0.15) is 12.3 Å². The van der Waals surface area contributed by atoms with Crippen molar-refractivity contribution in [3.63, 3.8) is 0 Å². The molecule has 3 rings (SSSR count). The summed E-state index contributed by atoms with van der Waals surface area (Å²) in [6.07, 6.45) is 0. The van der Waals surface area contributed by atoms with Gasteiger partial charge in [-0.1, -0.05) is 46.3 Å². The van der Waals surface area contributed by atoms with Crippen molar-refractivity contribution in [1.29, 1.82) is 0 Å². The Morgan fingerprint density at radius 1 is 1.12 bits per heavy atom. The minimum Gasteiger partial charge on any atom is -0.496 e. The van der Waals surface area contributed by atoms with Gasteiger partial charge in [-0.15, -0.1) is 0 Å². The van der Waals surface area contributed by atoms with Gasteiger partial charge in [0.2, 0.25) is 0 Å². The molecule has 0 spiro atoms. The van der Waals surface area contributed by atoms with Crippen molar-refractivity contribution in [3.05, 3.63) is 64.1 Å². The summed E-state index contributed by atoms with van der Waals surface area (Å²) >= 11 is 3.61. The molecule has 126 valence electrons. The molecule has 0 aliphatic carbocycles. The zero-order valence-corrected chi connectivity index (χ0v) is 15.4.